The Kier molecular flexibility index (Phi) is 4.93. The molecule has 2 rings (SSSR count). The Morgan fingerprint density at radius 2 is 2.05 bits per heavy atom. The second-order valence-electron chi connectivity index (χ2n) is 4.97. The van der Waals surface area contributed by atoms with Crippen molar-refractivity contribution in [3.63, 3.8) is 0 Å². The molecule has 0 bridgehead atoms. The molecule has 1 fully saturated rings. The van der Waals surface area contributed by atoms with Crippen molar-refractivity contribution in [1.82, 2.24) is 4.90 Å². The molecule has 0 aliphatic carbocycles. The lowest BCUT2D eigenvalue weighted by molar-refractivity contribution is 0.0906. The first-order chi connectivity index (χ1) is 9.20. The van der Waals surface area contributed by atoms with Crippen molar-refractivity contribution in [2.24, 2.45) is 5.73 Å². The molecule has 1 heterocycles. The molecule has 1 aromatic carbocycles. The van der Waals surface area contributed by atoms with Crippen molar-refractivity contribution in [2.75, 3.05) is 26.2 Å². The first-order valence-electron chi connectivity index (χ1n) is 6.93. The Bertz CT molecular complexity index is 426. The monoisotopic (exact) mass is 262 g/mol. The average molecular weight is 262 g/mol. The van der Waals surface area contributed by atoms with Crippen LogP contribution in [0.3, 0.4) is 0 Å². The number of hydrogen-bond donors (Lipinski definition) is 1. The van der Waals surface area contributed by atoms with Gasteiger partial charge in [-0.05, 0) is 31.9 Å². The summed E-state index contributed by atoms with van der Waals surface area (Å²) in [6.45, 7) is 4.76. The standard InChI is InChI=1S/C15H22N2O2/c1-2-19-15-6-4-3-5-13(15)14(18)11-17-9-7-12(16)8-10-17/h3-6,12H,2,7-11,16H2,1H3. The van der Waals surface area contributed by atoms with Gasteiger partial charge in [0.25, 0.3) is 0 Å². The van der Waals surface area contributed by atoms with Gasteiger partial charge in [0, 0.05) is 19.1 Å². The highest BCUT2D eigenvalue weighted by atomic mass is 16.5. The molecule has 0 radical (unpaired) electrons. The molecule has 19 heavy (non-hydrogen) atoms. The average Bonchev–Trinajstić information content (AvgIpc) is 2.42. The molecule has 0 saturated carbocycles. The number of benzene rings is 1. The highest BCUT2D eigenvalue weighted by Crippen LogP contribution is 2.19. The number of carbonyl (C=O) groups is 1. The summed E-state index contributed by atoms with van der Waals surface area (Å²) in [5.74, 6) is 0.809. The lowest BCUT2D eigenvalue weighted by Crippen LogP contribution is -2.41. The van der Waals surface area contributed by atoms with Crippen LogP contribution in [0.4, 0.5) is 0 Å². The van der Waals surface area contributed by atoms with Crippen molar-refractivity contribution >= 4 is 5.78 Å². The lowest BCUT2D eigenvalue weighted by atomic mass is 10.0. The number of likely N-dealkylation sites (tertiary alicyclic amines) is 1. The minimum Gasteiger partial charge on any atom is -0.493 e. The number of Topliss-reactive ketones (excluding diaryl/α,β-unsaturated/α-hetero) is 1. The summed E-state index contributed by atoms with van der Waals surface area (Å²) in [7, 11) is 0. The minimum absolute atomic E-state index is 0.125. The summed E-state index contributed by atoms with van der Waals surface area (Å²) in [5, 5.41) is 0. The summed E-state index contributed by atoms with van der Waals surface area (Å²) in [5.41, 5.74) is 6.55. The van der Waals surface area contributed by atoms with Crippen molar-refractivity contribution in [3.8, 4) is 5.75 Å². The molecule has 0 atom stereocenters. The zero-order valence-corrected chi connectivity index (χ0v) is 11.5. The number of hydrogen-bond acceptors (Lipinski definition) is 4. The lowest BCUT2D eigenvalue weighted by Gasteiger charge is -2.29. The Morgan fingerprint density at radius 1 is 1.37 bits per heavy atom. The van der Waals surface area contributed by atoms with E-state index >= 15 is 0 Å². The smallest absolute Gasteiger partial charge is 0.180 e. The van der Waals surface area contributed by atoms with Gasteiger partial charge < -0.3 is 10.5 Å². The van der Waals surface area contributed by atoms with Crippen molar-refractivity contribution in [2.45, 2.75) is 25.8 Å². The molecule has 104 valence electrons. The molecular formula is C15H22N2O2. The van der Waals surface area contributed by atoms with Gasteiger partial charge in [-0.2, -0.15) is 0 Å². The maximum Gasteiger partial charge on any atom is 0.180 e. The van der Waals surface area contributed by atoms with Gasteiger partial charge in [0.2, 0.25) is 0 Å². The van der Waals surface area contributed by atoms with E-state index in [9.17, 15) is 4.79 Å². The predicted molar refractivity (Wildman–Crippen MR) is 75.6 cm³/mol. The number of ether oxygens (including phenoxy) is 1. The molecule has 1 aliphatic heterocycles. The molecule has 0 spiro atoms. The molecule has 1 aliphatic rings. The van der Waals surface area contributed by atoms with Crippen LogP contribution in [0.5, 0.6) is 5.75 Å². The SMILES string of the molecule is CCOc1ccccc1C(=O)CN1CCC(N)CC1. The molecule has 0 aromatic heterocycles. The quantitative estimate of drug-likeness (QED) is 0.820. The predicted octanol–water partition coefficient (Wildman–Crippen LogP) is 1.69. The molecule has 0 unspecified atom stereocenters. The first kappa shape index (κ1) is 14.0. The maximum atomic E-state index is 12.3. The van der Waals surface area contributed by atoms with E-state index < -0.39 is 0 Å². The van der Waals surface area contributed by atoms with Crippen LogP contribution in [0.25, 0.3) is 0 Å². The molecule has 4 nitrogen and oxygen atoms in total. The van der Waals surface area contributed by atoms with Gasteiger partial charge in [-0.3, -0.25) is 9.69 Å². The normalized spacial score (nSPS) is 17.4. The van der Waals surface area contributed by atoms with E-state index in [1.54, 1.807) is 0 Å². The van der Waals surface area contributed by atoms with E-state index in [0.29, 0.717) is 30.5 Å². The Hall–Kier alpha value is -1.39. The number of nitrogens with two attached hydrogens (primary N) is 1. The third-order valence-corrected chi connectivity index (χ3v) is 3.49. The van der Waals surface area contributed by atoms with Crippen LogP contribution >= 0.6 is 0 Å². The van der Waals surface area contributed by atoms with Gasteiger partial charge >= 0.3 is 0 Å². The zero-order valence-electron chi connectivity index (χ0n) is 11.5. The molecule has 1 saturated heterocycles. The van der Waals surface area contributed by atoms with Crippen molar-refractivity contribution in [1.29, 1.82) is 0 Å². The van der Waals surface area contributed by atoms with Crippen LogP contribution in [-0.4, -0.2) is 43.0 Å². The van der Waals surface area contributed by atoms with Gasteiger partial charge in [0.1, 0.15) is 5.75 Å². The van der Waals surface area contributed by atoms with Gasteiger partial charge in [0.15, 0.2) is 5.78 Å². The number of nitrogens with zero attached hydrogens (tertiary/aromatic N) is 1. The summed E-state index contributed by atoms with van der Waals surface area (Å²) >= 11 is 0. The number of ketones is 1. The molecule has 2 N–H and O–H groups in total. The van der Waals surface area contributed by atoms with Crippen LogP contribution in [0.1, 0.15) is 30.1 Å². The van der Waals surface area contributed by atoms with Crippen molar-refractivity contribution < 1.29 is 9.53 Å². The van der Waals surface area contributed by atoms with Gasteiger partial charge in [-0.15, -0.1) is 0 Å². The number of carbonyl (C=O) groups excluding carboxylic acids is 1. The Labute approximate surface area is 114 Å². The topological polar surface area (TPSA) is 55.6 Å². The highest BCUT2D eigenvalue weighted by Gasteiger charge is 2.20. The summed E-state index contributed by atoms with van der Waals surface area (Å²) in [6.07, 6.45) is 1.95. The van der Waals surface area contributed by atoms with Crippen LogP contribution in [0, 0.1) is 0 Å². The molecular weight excluding hydrogens is 240 g/mol. The second kappa shape index (κ2) is 6.68. The second-order valence-corrected chi connectivity index (χ2v) is 4.97. The largest absolute Gasteiger partial charge is 0.493 e. The van der Waals surface area contributed by atoms with E-state index in [2.05, 4.69) is 4.90 Å². The van der Waals surface area contributed by atoms with E-state index in [0.717, 1.165) is 25.9 Å². The molecule has 4 heteroatoms. The molecule has 1 aromatic rings. The van der Waals surface area contributed by atoms with Gasteiger partial charge in [-0.25, -0.2) is 0 Å². The number of rotatable bonds is 5. The Morgan fingerprint density at radius 3 is 2.74 bits per heavy atom. The first-order valence-corrected chi connectivity index (χ1v) is 6.93. The van der Waals surface area contributed by atoms with E-state index in [-0.39, 0.29) is 5.78 Å². The third kappa shape index (κ3) is 3.78. The van der Waals surface area contributed by atoms with Gasteiger partial charge in [0.05, 0.1) is 18.7 Å². The van der Waals surface area contributed by atoms with Crippen LogP contribution in [0.2, 0.25) is 0 Å². The van der Waals surface area contributed by atoms with Crippen LogP contribution in [-0.2, 0) is 0 Å². The fraction of sp³-hybridized carbons (Fsp3) is 0.533. The maximum absolute atomic E-state index is 12.3. The van der Waals surface area contributed by atoms with E-state index in [1.165, 1.54) is 0 Å². The summed E-state index contributed by atoms with van der Waals surface area (Å²) in [4.78, 5) is 14.5. The summed E-state index contributed by atoms with van der Waals surface area (Å²) < 4.78 is 5.51. The molecule has 0 amide bonds. The summed E-state index contributed by atoms with van der Waals surface area (Å²) in [6, 6.07) is 7.75. The third-order valence-electron chi connectivity index (χ3n) is 3.49. The fourth-order valence-corrected chi connectivity index (χ4v) is 2.38. The Balaban J connectivity index is 1.99. The number of para-hydroxylation sites is 1. The highest BCUT2D eigenvalue weighted by molar-refractivity contribution is 6.00. The number of piperidine rings is 1. The van der Waals surface area contributed by atoms with Gasteiger partial charge in [-0.1, -0.05) is 12.1 Å². The fourth-order valence-electron chi connectivity index (χ4n) is 2.38. The zero-order chi connectivity index (χ0) is 13.7. The van der Waals surface area contributed by atoms with Crippen LogP contribution < -0.4 is 10.5 Å². The van der Waals surface area contributed by atoms with Crippen LogP contribution in [0.15, 0.2) is 24.3 Å². The minimum atomic E-state index is 0.125. The van der Waals surface area contributed by atoms with Crippen molar-refractivity contribution in [3.05, 3.63) is 29.8 Å². The van der Waals surface area contributed by atoms with E-state index in [1.807, 2.05) is 31.2 Å². The van der Waals surface area contributed by atoms with E-state index in [4.69, 9.17) is 10.5 Å².